The maximum absolute atomic E-state index is 13.3. The van der Waals surface area contributed by atoms with Crippen LogP contribution in [0.5, 0.6) is 17.2 Å². The summed E-state index contributed by atoms with van der Waals surface area (Å²) < 4.78 is 7.13. The number of aromatic nitrogens is 2. The molecular formula is C27H27N3O4. The van der Waals surface area contributed by atoms with Crippen molar-refractivity contribution >= 4 is 5.91 Å². The largest absolute Gasteiger partial charge is 0.507 e. The topological polar surface area (TPSA) is 87.8 Å². The maximum atomic E-state index is 13.3. The SMILES string of the molecule is COc1ccc(C)cc1CN(C)C(=O)c1cc(-c2ccnn2-c2ccccc2C)c(O)cc1O. The molecule has 34 heavy (non-hydrogen) atoms. The van der Waals surface area contributed by atoms with Crippen molar-refractivity contribution in [2.24, 2.45) is 0 Å². The number of benzene rings is 3. The van der Waals surface area contributed by atoms with Crippen molar-refractivity contribution in [3.05, 3.63) is 89.1 Å². The van der Waals surface area contributed by atoms with Crippen molar-refractivity contribution in [2.75, 3.05) is 14.2 Å². The van der Waals surface area contributed by atoms with Gasteiger partial charge in [0, 0.05) is 30.8 Å². The lowest BCUT2D eigenvalue weighted by molar-refractivity contribution is 0.0781. The lowest BCUT2D eigenvalue weighted by Gasteiger charge is -2.20. The molecule has 0 aliphatic carbocycles. The molecule has 0 atom stereocenters. The van der Waals surface area contributed by atoms with E-state index in [0.29, 0.717) is 23.6 Å². The summed E-state index contributed by atoms with van der Waals surface area (Å²) in [6, 6.07) is 18.0. The summed E-state index contributed by atoms with van der Waals surface area (Å²) in [4.78, 5) is 14.8. The van der Waals surface area contributed by atoms with Crippen molar-refractivity contribution in [3.63, 3.8) is 0 Å². The zero-order chi connectivity index (χ0) is 24.4. The number of carbonyl (C=O) groups excluding carboxylic acids is 1. The van der Waals surface area contributed by atoms with Crippen LogP contribution in [0.4, 0.5) is 0 Å². The monoisotopic (exact) mass is 457 g/mol. The molecule has 0 spiro atoms. The highest BCUT2D eigenvalue weighted by atomic mass is 16.5. The van der Waals surface area contributed by atoms with Crippen LogP contribution in [-0.4, -0.2) is 45.0 Å². The first kappa shape index (κ1) is 22.9. The van der Waals surface area contributed by atoms with E-state index in [2.05, 4.69) is 5.10 Å². The molecule has 7 heteroatoms. The number of hydrogen-bond donors (Lipinski definition) is 2. The first-order chi connectivity index (χ1) is 16.3. The molecule has 3 aromatic carbocycles. The van der Waals surface area contributed by atoms with Gasteiger partial charge in [0.1, 0.15) is 17.2 Å². The minimum Gasteiger partial charge on any atom is -0.507 e. The Balaban J connectivity index is 1.71. The summed E-state index contributed by atoms with van der Waals surface area (Å²) in [5, 5.41) is 25.6. The van der Waals surface area contributed by atoms with Gasteiger partial charge in [0.15, 0.2) is 0 Å². The first-order valence-corrected chi connectivity index (χ1v) is 10.9. The van der Waals surface area contributed by atoms with Gasteiger partial charge in [-0.2, -0.15) is 5.10 Å². The molecule has 1 heterocycles. The minimum atomic E-state index is -0.385. The van der Waals surface area contributed by atoms with Crippen LogP contribution in [0.2, 0.25) is 0 Å². The van der Waals surface area contributed by atoms with E-state index >= 15 is 0 Å². The van der Waals surface area contributed by atoms with E-state index in [0.717, 1.165) is 22.4 Å². The summed E-state index contributed by atoms with van der Waals surface area (Å²) in [5.41, 5.74) is 4.84. The molecule has 2 N–H and O–H groups in total. The number of methoxy groups -OCH3 is 1. The van der Waals surface area contributed by atoms with Crippen LogP contribution in [0.1, 0.15) is 27.0 Å². The normalized spacial score (nSPS) is 10.8. The van der Waals surface area contributed by atoms with Gasteiger partial charge in [-0.25, -0.2) is 4.68 Å². The minimum absolute atomic E-state index is 0.0828. The Morgan fingerprint density at radius 2 is 1.79 bits per heavy atom. The number of phenolic OH excluding ortho intramolecular Hbond substituents is 2. The molecule has 0 bridgehead atoms. The molecule has 0 radical (unpaired) electrons. The van der Waals surface area contributed by atoms with Gasteiger partial charge in [-0.15, -0.1) is 0 Å². The van der Waals surface area contributed by atoms with Crippen LogP contribution in [0.15, 0.2) is 66.9 Å². The van der Waals surface area contributed by atoms with Gasteiger partial charge in [-0.05, 0) is 43.7 Å². The van der Waals surface area contributed by atoms with Crippen molar-refractivity contribution < 1.29 is 19.7 Å². The highest BCUT2D eigenvalue weighted by Gasteiger charge is 2.22. The Morgan fingerprint density at radius 3 is 2.53 bits per heavy atom. The summed E-state index contributed by atoms with van der Waals surface area (Å²) in [5.74, 6) is -0.143. The number of nitrogens with zero attached hydrogens (tertiary/aromatic N) is 3. The van der Waals surface area contributed by atoms with Gasteiger partial charge in [0.25, 0.3) is 5.91 Å². The number of hydrogen-bond acceptors (Lipinski definition) is 5. The smallest absolute Gasteiger partial charge is 0.257 e. The number of ether oxygens (including phenoxy) is 1. The Hall–Kier alpha value is -4.26. The fraction of sp³-hybridized carbons (Fsp3) is 0.185. The number of carbonyl (C=O) groups is 1. The summed E-state index contributed by atoms with van der Waals surface area (Å²) in [7, 11) is 3.25. The summed E-state index contributed by atoms with van der Waals surface area (Å²) >= 11 is 0. The fourth-order valence-corrected chi connectivity index (χ4v) is 4.02. The Morgan fingerprint density at radius 1 is 1.03 bits per heavy atom. The second kappa shape index (κ2) is 9.31. The van der Waals surface area contributed by atoms with Crippen LogP contribution < -0.4 is 4.74 Å². The van der Waals surface area contributed by atoms with Crippen molar-refractivity contribution in [1.29, 1.82) is 0 Å². The molecule has 1 aromatic heterocycles. The second-order valence-corrected chi connectivity index (χ2v) is 8.28. The predicted octanol–water partition coefficient (Wildman–Crippen LogP) is 4.85. The predicted molar refractivity (Wildman–Crippen MR) is 131 cm³/mol. The standard InChI is InChI=1S/C27H27N3O4/c1-17-9-10-26(34-4)19(13-17)16-29(3)27(33)21-14-20(24(31)15-25(21)32)23-11-12-28-30(23)22-8-6-5-7-18(22)2/h5-15,31-32H,16H2,1-4H3. The Bertz CT molecular complexity index is 1360. The van der Waals surface area contributed by atoms with Gasteiger partial charge in [0.05, 0.1) is 30.3 Å². The number of aromatic hydroxyl groups is 2. The maximum Gasteiger partial charge on any atom is 0.257 e. The van der Waals surface area contributed by atoms with Crippen LogP contribution in [0.25, 0.3) is 16.9 Å². The van der Waals surface area contributed by atoms with Crippen LogP contribution >= 0.6 is 0 Å². The molecule has 4 rings (SSSR count). The molecule has 0 unspecified atom stereocenters. The first-order valence-electron chi connectivity index (χ1n) is 10.9. The van der Waals surface area contributed by atoms with E-state index in [1.165, 1.54) is 17.0 Å². The van der Waals surface area contributed by atoms with E-state index in [4.69, 9.17) is 4.74 Å². The quantitative estimate of drug-likeness (QED) is 0.432. The number of rotatable bonds is 6. The van der Waals surface area contributed by atoms with E-state index in [1.54, 1.807) is 31.1 Å². The third kappa shape index (κ3) is 4.32. The molecule has 0 saturated heterocycles. The van der Waals surface area contributed by atoms with Crippen LogP contribution in [0, 0.1) is 13.8 Å². The lowest BCUT2D eigenvalue weighted by atomic mass is 10.0. The third-order valence-corrected chi connectivity index (χ3v) is 5.80. The molecule has 0 aliphatic rings. The van der Waals surface area contributed by atoms with E-state index in [9.17, 15) is 15.0 Å². The van der Waals surface area contributed by atoms with E-state index < -0.39 is 0 Å². The second-order valence-electron chi connectivity index (χ2n) is 8.28. The number of phenols is 2. The molecular weight excluding hydrogens is 430 g/mol. The van der Waals surface area contributed by atoms with Crippen LogP contribution in [0.3, 0.4) is 0 Å². The van der Waals surface area contributed by atoms with Gasteiger partial charge in [0.2, 0.25) is 0 Å². The molecule has 0 fully saturated rings. The van der Waals surface area contributed by atoms with Crippen LogP contribution in [-0.2, 0) is 6.54 Å². The van der Waals surface area contributed by atoms with Crippen molar-refractivity contribution in [3.8, 4) is 34.2 Å². The molecule has 7 nitrogen and oxygen atoms in total. The van der Waals surface area contributed by atoms with Gasteiger partial charge < -0.3 is 19.8 Å². The molecule has 0 saturated carbocycles. The lowest BCUT2D eigenvalue weighted by Crippen LogP contribution is -2.26. The third-order valence-electron chi connectivity index (χ3n) is 5.80. The molecule has 0 aliphatic heterocycles. The van der Waals surface area contributed by atoms with Gasteiger partial charge in [-0.3, -0.25) is 4.79 Å². The van der Waals surface area contributed by atoms with Gasteiger partial charge >= 0.3 is 0 Å². The van der Waals surface area contributed by atoms with E-state index in [1.807, 2.05) is 56.3 Å². The Labute approximate surface area is 198 Å². The van der Waals surface area contributed by atoms with Crippen molar-refractivity contribution in [2.45, 2.75) is 20.4 Å². The van der Waals surface area contributed by atoms with Crippen molar-refractivity contribution in [1.82, 2.24) is 14.7 Å². The highest BCUT2D eigenvalue weighted by molar-refractivity contribution is 5.98. The number of para-hydroxylation sites is 1. The molecule has 174 valence electrons. The summed E-state index contributed by atoms with van der Waals surface area (Å²) in [6.07, 6.45) is 1.63. The van der Waals surface area contributed by atoms with Gasteiger partial charge in [-0.1, -0.05) is 35.9 Å². The fourth-order valence-electron chi connectivity index (χ4n) is 4.02. The molecule has 1 amide bonds. The zero-order valence-electron chi connectivity index (χ0n) is 19.6. The summed E-state index contributed by atoms with van der Waals surface area (Å²) in [6.45, 7) is 4.24. The average molecular weight is 458 g/mol. The van der Waals surface area contributed by atoms with E-state index in [-0.39, 0.29) is 23.0 Å². The molecule has 4 aromatic rings. The highest BCUT2D eigenvalue weighted by Crippen LogP contribution is 2.36. The zero-order valence-corrected chi connectivity index (χ0v) is 19.6. The average Bonchev–Trinajstić information content (AvgIpc) is 3.28. The number of aryl methyl sites for hydroxylation is 2. The Kier molecular flexibility index (Phi) is 6.27. The number of amides is 1.